The van der Waals surface area contributed by atoms with E-state index in [1.54, 1.807) is 7.11 Å². The molecule has 5 heteroatoms. The predicted octanol–water partition coefficient (Wildman–Crippen LogP) is 5.13. The van der Waals surface area contributed by atoms with Crippen molar-refractivity contribution in [3.63, 3.8) is 0 Å². The zero-order valence-corrected chi connectivity index (χ0v) is 18.9. The first-order valence-electron chi connectivity index (χ1n) is 11.3. The van der Waals surface area contributed by atoms with E-state index in [2.05, 4.69) is 22.3 Å². The number of piperidine rings is 1. The second-order valence-corrected chi connectivity index (χ2v) is 8.64. The van der Waals surface area contributed by atoms with E-state index in [1.165, 1.54) is 5.56 Å². The van der Waals surface area contributed by atoms with Crippen LogP contribution in [0.4, 0.5) is 5.69 Å². The third-order valence-corrected chi connectivity index (χ3v) is 6.03. The first-order valence-corrected chi connectivity index (χ1v) is 11.3. The van der Waals surface area contributed by atoms with Crippen LogP contribution < -0.4 is 10.1 Å². The first kappa shape index (κ1) is 23.0. The fourth-order valence-electron chi connectivity index (χ4n) is 4.03. The lowest BCUT2D eigenvalue weighted by atomic mass is 9.89. The molecule has 1 aliphatic heterocycles. The number of ether oxygens (including phenoxy) is 1. The molecule has 0 radical (unpaired) electrons. The van der Waals surface area contributed by atoms with Crippen molar-refractivity contribution in [3.05, 3.63) is 59.7 Å². The highest BCUT2D eigenvalue weighted by molar-refractivity contribution is 5.96. The predicted molar refractivity (Wildman–Crippen MR) is 125 cm³/mol. The fraction of sp³-hybridized carbons (Fsp3) is 0.462. The van der Waals surface area contributed by atoms with Crippen LogP contribution in [0.15, 0.2) is 48.5 Å². The number of carbonyl (C=O) groups is 2. The number of rotatable bonds is 9. The lowest BCUT2D eigenvalue weighted by Crippen LogP contribution is -2.33. The maximum atomic E-state index is 12.4. The van der Waals surface area contributed by atoms with E-state index in [0.29, 0.717) is 12.3 Å². The third kappa shape index (κ3) is 6.66. The molecule has 0 saturated carbocycles. The lowest BCUT2D eigenvalue weighted by molar-refractivity contribution is -0.118. The number of nitrogens with one attached hydrogen (secondary N) is 1. The summed E-state index contributed by atoms with van der Waals surface area (Å²) in [6.45, 7) is 6.85. The van der Waals surface area contributed by atoms with E-state index in [1.807, 2.05) is 50.2 Å². The summed E-state index contributed by atoms with van der Waals surface area (Å²) in [5.74, 6) is 1.51. The van der Waals surface area contributed by atoms with E-state index in [0.717, 1.165) is 55.9 Å². The Morgan fingerprint density at radius 3 is 2.45 bits per heavy atom. The average molecular weight is 423 g/mol. The summed E-state index contributed by atoms with van der Waals surface area (Å²) in [6, 6.07) is 15.6. The number of carbonyl (C=O) groups excluding carboxylic acids is 2. The van der Waals surface area contributed by atoms with Crippen LogP contribution in [0.2, 0.25) is 0 Å². The number of hydrogen-bond donors (Lipinski definition) is 1. The van der Waals surface area contributed by atoms with Crippen molar-refractivity contribution in [1.82, 2.24) is 4.90 Å². The van der Waals surface area contributed by atoms with Crippen LogP contribution in [-0.2, 0) is 4.79 Å². The van der Waals surface area contributed by atoms with Crippen LogP contribution in [0.3, 0.4) is 0 Å². The molecule has 1 aliphatic rings. The average Bonchev–Trinajstić information content (AvgIpc) is 2.79. The molecule has 3 rings (SSSR count). The zero-order chi connectivity index (χ0) is 22.2. The summed E-state index contributed by atoms with van der Waals surface area (Å²) in [4.78, 5) is 26.8. The van der Waals surface area contributed by atoms with Crippen LogP contribution in [0.25, 0.3) is 0 Å². The highest BCUT2D eigenvalue weighted by Gasteiger charge is 2.21. The molecule has 0 atom stereocenters. The number of amides is 1. The Kier molecular flexibility index (Phi) is 8.24. The van der Waals surface area contributed by atoms with Gasteiger partial charge in [0.15, 0.2) is 5.78 Å². The number of anilines is 1. The molecule has 1 N–H and O–H groups in total. The minimum Gasteiger partial charge on any atom is -0.497 e. The molecule has 1 fully saturated rings. The topological polar surface area (TPSA) is 58.6 Å². The highest BCUT2D eigenvalue weighted by Crippen LogP contribution is 2.29. The molecule has 0 bridgehead atoms. The standard InChI is InChI=1S/C26H34N2O3/c1-19(2)26(30)27-23-7-4-6-22(18-23)20-13-16-28(17-14-20)15-5-8-25(29)21-9-11-24(31-3)12-10-21/h4,6-7,9-12,18-20H,5,8,13-17H2,1-3H3,(H,27,30). The van der Waals surface area contributed by atoms with Gasteiger partial charge in [-0.05, 0) is 86.8 Å². The lowest BCUT2D eigenvalue weighted by Gasteiger charge is -2.32. The van der Waals surface area contributed by atoms with Gasteiger partial charge in [-0.15, -0.1) is 0 Å². The Balaban J connectivity index is 1.42. The molecule has 0 spiro atoms. The van der Waals surface area contributed by atoms with Crippen LogP contribution in [-0.4, -0.2) is 43.3 Å². The Labute approximate surface area is 185 Å². The number of methoxy groups -OCH3 is 1. The largest absolute Gasteiger partial charge is 0.497 e. The normalized spacial score (nSPS) is 15.1. The van der Waals surface area contributed by atoms with Crippen molar-refractivity contribution in [2.75, 3.05) is 32.1 Å². The smallest absolute Gasteiger partial charge is 0.226 e. The maximum absolute atomic E-state index is 12.4. The van der Waals surface area contributed by atoms with Gasteiger partial charge in [0, 0.05) is 23.6 Å². The van der Waals surface area contributed by atoms with Crippen molar-refractivity contribution in [2.45, 2.75) is 45.4 Å². The Morgan fingerprint density at radius 2 is 1.81 bits per heavy atom. The second-order valence-electron chi connectivity index (χ2n) is 8.64. The van der Waals surface area contributed by atoms with Gasteiger partial charge in [-0.3, -0.25) is 9.59 Å². The van der Waals surface area contributed by atoms with E-state index in [4.69, 9.17) is 4.74 Å². The molecule has 1 heterocycles. The summed E-state index contributed by atoms with van der Waals surface area (Å²) in [5, 5.41) is 3.00. The Morgan fingerprint density at radius 1 is 1.10 bits per heavy atom. The van der Waals surface area contributed by atoms with Crippen LogP contribution in [0.5, 0.6) is 5.75 Å². The van der Waals surface area contributed by atoms with Gasteiger partial charge in [0.1, 0.15) is 5.75 Å². The van der Waals surface area contributed by atoms with Gasteiger partial charge in [-0.1, -0.05) is 26.0 Å². The molecule has 2 aromatic rings. The monoisotopic (exact) mass is 422 g/mol. The number of benzene rings is 2. The maximum Gasteiger partial charge on any atom is 0.226 e. The molecule has 166 valence electrons. The zero-order valence-electron chi connectivity index (χ0n) is 18.9. The van der Waals surface area contributed by atoms with Crippen molar-refractivity contribution in [1.29, 1.82) is 0 Å². The van der Waals surface area contributed by atoms with Gasteiger partial charge < -0.3 is 15.0 Å². The van der Waals surface area contributed by atoms with Crippen molar-refractivity contribution >= 4 is 17.4 Å². The summed E-state index contributed by atoms with van der Waals surface area (Å²) in [7, 11) is 1.63. The second kappa shape index (κ2) is 11.1. The van der Waals surface area contributed by atoms with Gasteiger partial charge in [0.25, 0.3) is 0 Å². The molecule has 31 heavy (non-hydrogen) atoms. The van der Waals surface area contributed by atoms with Gasteiger partial charge in [0.2, 0.25) is 5.91 Å². The Bertz CT molecular complexity index is 868. The molecular formula is C26H34N2O3. The first-order chi connectivity index (χ1) is 15.0. The molecule has 5 nitrogen and oxygen atoms in total. The van der Waals surface area contributed by atoms with Crippen LogP contribution >= 0.6 is 0 Å². The molecule has 2 aromatic carbocycles. The van der Waals surface area contributed by atoms with E-state index in [-0.39, 0.29) is 17.6 Å². The van der Waals surface area contributed by atoms with Gasteiger partial charge in [-0.2, -0.15) is 0 Å². The minimum absolute atomic E-state index is 0.0245. The Hall–Kier alpha value is -2.66. The van der Waals surface area contributed by atoms with E-state index >= 15 is 0 Å². The quantitative estimate of drug-likeness (QED) is 0.569. The van der Waals surface area contributed by atoms with Crippen molar-refractivity contribution in [3.8, 4) is 5.75 Å². The molecule has 1 saturated heterocycles. The fourth-order valence-corrected chi connectivity index (χ4v) is 4.03. The van der Waals surface area contributed by atoms with Crippen LogP contribution in [0.1, 0.15) is 61.4 Å². The third-order valence-electron chi connectivity index (χ3n) is 6.03. The summed E-state index contributed by atoms with van der Waals surface area (Å²) in [6.07, 6.45) is 3.66. The molecule has 0 aliphatic carbocycles. The summed E-state index contributed by atoms with van der Waals surface area (Å²) >= 11 is 0. The SMILES string of the molecule is COc1ccc(C(=O)CCCN2CCC(c3cccc(NC(=O)C(C)C)c3)CC2)cc1. The summed E-state index contributed by atoms with van der Waals surface area (Å²) in [5.41, 5.74) is 2.94. The molecule has 0 aromatic heterocycles. The number of ketones is 1. The molecular weight excluding hydrogens is 388 g/mol. The molecule has 0 unspecified atom stereocenters. The van der Waals surface area contributed by atoms with Crippen molar-refractivity contribution in [2.24, 2.45) is 5.92 Å². The van der Waals surface area contributed by atoms with E-state index < -0.39 is 0 Å². The number of hydrogen-bond acceptors (Lipinski definition) is 4. The molecule has 1 amide bonds. The van der Waals surface area contributed by atoms with Crippen molar-refractivity contribution < 1.29 is 14.3 Å². The van der Waals surface area contributed by atoms with Gasteiger partial charge >= 0.3 is 0 Å². The van der Waals surface area contributed by atoms with Gasteiger partial charge in [0.05, 0.1) is 7.11 Å². The van der Waals surface area contributed by atoms with Crippen LogP contribution in [0, 0.1) is 5.92 Å². The number of Topliss-reactive ketones (excluding diaryl/α,β-unsaturated/α-hetero) is 1. The minimum atomic E-state index is -0.0245. The van der Waals surface area contributed by atoms with Gasteiger partial charge in [-0.25, -0.2) is 0 Å². The number of nitrogens with zero attached hydrogens (tertiary/aromatic N) is 1. The summed E-state index contributed by atoms with van der Waals surface area (Å²) < 4.78 is 5.15. The number of likely N-dealkylation sites (tertiary alicyclic amines) is 1. The highest BCUT2D eigenvalue weighted by atomic mass is 16.5. The van der Waals surface area contributed by atoms with E-state index in [9.17, 15) is 9.59 Å².